The van der Waals surface area contributed by atoms with Crippen molar-refractivity contribution in [3.63, 3.8) is 0 Å². The molecule has 2 N–H and O–H groups in total. The molecule has 1 aliphatic heterocycles. The minimum Gasteiger partial charge on any atom is -0.322 e. The van der Waals surface area contributed by atoms with Crippen LogP contribution in [0.2, 0.25) is 15.1 Å². The Balaban J connectivity index is 1.48. The average molecular weight is 507 g/mol. The van der Waals surface area contributed by atoms with Crippen LogP contribution < -0.4 is 14.9 Å². The molecule has 3 aromatic carbocycles. The van der Waals surface area contributed by atoms with E-state index in [4.69, 9.17) is 34.8 Å². The average Bonchev–Trinajstić information content (AvgIpc) is 3.30. The number of amides is 2. The molecule has 0 atom stereocenters. The molecule has 32 heavy (non-hydrogen) atoms. The second kappa shape index (κ2) is 10.0. The van der Waals surface area contributed by atoms with E-state index in [1.54, 1.807) is 66.5 Å². The number of hydrogen-bond acceptors (Lipinski definition) is 4. The van der Waals surface area contributed by atoms with Gasteiger partial charge >= 0.3 is 0 Å². The summed E-state index contributed by atoms with van der Waals surface area (Å²) in [6.07, 6.45) is 1.11. The quantitative estimate of drug-likeness (QED) is 0.365. The van der Waals surface area contributed by atoms with Crippen LogP contribution in [-0.4, -0.2) is 24.1 Å². The molecule has 0 unspecified atom stereocenters. The normalized spacial score (nSPS) is 13.2. The number of nitrogens with zero attached hydrogens (tertiary/aromatic N) is 1. The first kappa shape index (κ1) is 22.8. The second-order valence-corrected chi connectivity index (χ2v) is 9.43. The summed E-state index contributed by atoms with van der Waals surface area (Å²) in [6, 6.07) is 16.7. The zero-order valence-corrected chi connectivity index (χ0v) is 19.8. The lowest BCUT2D eigenvalue weighted by molar-refractivity contribution is 0.101. The van der Waals surface area contributed by atoms with Crippen molar-refractivity contribution < 1.29 is 9.59 Å². The Morgan fingerprint density at radius 3 is 2.34 bits per heavy atom. The highest BCUT2D eigenvalue weighted by Crippen LogP contribution is 2.35. The molecule has 9 heteroatoms. The minimum absolute atomic E-state index is 0.318. The number of anilines is 3. The Morgan fingerprint density at radius 2 is 1.62 bits per heavy atom. The van der Waals surface area contributed by atoms with E-state index in [-0.39, 0.29) is 11.8 Å². The third kappa shape index (κ3) is 5.33. The molecule has 1 saturated heterocycles. The fourth-order valence-electron chi connectivity index (χ4n) is 3.21. The molecule has 0 aromatic heterocycles. The molecule has 5 nitrogen and oxygen atoms in total. The summed E-state index contributed by atoms with van der Waals surface area (Å²) >= 11 is 20.3. The predicted molar refractivity (Wildman–Crippen MR) is 135 cm³/mol. The van der Waals surface area contributed by atoms with E-state index in [9.17, 15) is 9.59 Å². The molecule has 164 valence electrons. The van der Waals surface area contributed by atoms with E-state index in [1.807, 2.05) is 6.07 Å². The van der Waals surface area contributed by atoms with Gasteiger partial charge in [0.15, 0.2) is 0 Å². The first-order valence-electron chi connectivity index (χ1n) is 9.78. The van der Waals surface area contributed by atoms with Crippen molar-refractivity contribution in [2.45, 2.75) is 6.42 Å². The topological polar surface area (TPSA) is 61.4 Å². The smallest absolute Gasteiger partial charge is 0.255 e. The highest BCUT2D eigenvalue weighted by atomic mass is 35.5. The van der Waals surface area contributed by atoms with Crippen molar-refractivity contribution in [1.29, 1.82) is 0 Å². The van der Waals surface area contributed by atoms with Crippen molar-refractivity contribution in [3.8, 4) is 0 Å². The molecular formula is C23H18Cl3N3O2S. The molecule has 0 radical (unpaired) electrons. The van der Waals surface area contributed by atoms with Gasteiger partial charge in [0, 0.05) is 34.1 Å². The van der Waals surface area contributed by atoms with Gasteiger partial charge in [-0.25, -0.2) is 0 Å². The summed E-state index contributed by atoms with van der Waals surface area (Å²) < 4.78 is 2.14. The van der Waals surface area contributed by atoms with Gasteiger partial charge in [-0.05, 0) is 73.0 Å². The van der Waals surface area contributed by atoms with Crippen LogP contribution in [0.4, 0.5) is 17.1 Å². The van der Waals surface area contributed by atoms with Crippen LogP contribution in [0.5, 0.6) is 0 Å². The van der Waals surface area contributed by atoms with Gasteiger partial charge in [0.2, 0.25) is 0 Å². The van der Waals surface area contributed by atoms with Gasteiger partial charge in [0.05, 0.1) is 21.4 Å². The van der Waals surface area contributed by atoms with Gasteiger partial charge in [0.25, 0.3) is 11.8 Å². The summed E-state index contributed by atoms with van der Waals surface area (Å²) in [5, 5.41) is 6.89. The highest BCUT2D eigenvalue weighted by Gasteiger charge is 2.18. The number of benzene rings is 3. The summed E-state index contributed by atoms with van der Waals surface area (Å²) in [5.74, 6) is 0.382. The lowest BCUT2D eigenvalue weighted by Crippen LogP contribution is -2.15. The van der Waals surface area contributed by atoms with Gasteiger partial charge in [-0.15, -0.1) is 0 Å². The van der Waals surface area contributed by atoms with Crippen molar-refractivity contribution in [2.24, 2.45) is 0 Å². The van der Waals surface area contributed by atoms with E-state index in [2.05, 4.69) is 14.9 Å². The minimum atomic E-state index is -0.361. The molecule has 0 bridgehead atoms. The first-order chi connectivity index (χ1) is 15.4. The van der Waals surface area contributed by atoms with Gasteiger partial charge < -0.3 is 14.9 Å². The largest absolute Gasteiger partial charge is 0.322 e. The van der Waals surface area contributed by atoms with Crippen molar-refractivity contribution in [2.75, 3.05) is 27.2 Å². The molecule has 1 heterocycles. The molecule has 1 fully saturated rings. The Labute approximate surface area is 205 Å². The Kier molecular flexibility index (Phi) is 7.16. The molecule has 2 amide bonds. The summed E-state index contributed by atoms with van der Waals surface area (Å²) in [7, 11) is 0. The maximum absolute atomic E-state index is 12.8. The zero-order chi connectivity index (χ0) is 22.7. The standard InChI is InChI=1S/C23H18Cl3N3O2S/c24-16-4-1-3-14(11-16)23(31)28-20-13-17(6-7-18(20)25)27-22(30)15-5-8-21(19(26)12-15)29-9-2-10-32-29/h1,3-8,11-13H,2,9-10H2,(H,27,30)(H,28,31). The third-order valence-electron chi connectivity index (χ3n) is 4.79. The van der Waals surface area contributed by atoms with E-state index in [1.165, 1.54) is 0 Å². The van der Waals surface area contributed by atoms with E-state index < -0.39 is 0 Å². The van der Waals surface area contributed by atoms with Crippen LogP contribution in [0, 0.1) is 0 Å². The fourth-order valence-corrected chi connectivity index (χ4v) is 4.94. The fraction of sp³-hybridized carbons (Fsp3) is 0.130. The van der Waals surface area contributed by atoms with Crippen LogP contribution in [0.25, 0.3) is 0 Å². The number of rotatable bonds is 5. The lowest BCUT2D eigenvalue weighted by Gasteiger charge is -2.18. The van der Waals surface area contributed by atoms with E-state index >= 15 is 0 Å². The van der Waals surface area contributed by atoms with Crippen LogP contribution in [-0.2, 0) is 0 Å². The maximum atomic E-state index is 12.8. The molecule has 0 aliphatic carbocycles. The van der Waals surface area contributed by atoms with Gasteiger partial charge in [0.1, 0.15) is 0 Å². The molecular weight excluding hydrogens is 489 g/mol. The van der Waals surface area contributed by atoms with Crippen LogP contribution in [0.3, 0.4) is 0 Å². The summed E-state index contributed by atoms with van der Waals surface area (Å²) in [5.41, 5.74) is 2.59. The third-order valence-corrected chi connectivity index (χ3v) is 6.82. The Bertz CT molecular complexity index is 1180. The molecule has 4 rings (SSSR count). The molecule has 0 spiro atoms. The maximum Gasteiger partial charge on any atom is 0.255 e. The number of hydrogen-bond donors (Lipinski definition) is 2. The number of halogens is 3. The summed E-state index contributed by atoms with van der Waals surface area (Å²) in [4.78, 5) is 25.3. The van der Waals surface area contributed by atoms with Crippen molar-refractivity contribution >= 4 is 75.6 Å². The zero-order valence-electron chi connectivity index (χ0n) is 16.7. The van der Waals surface area contributed by atoms with Gasteiger partial charge in [-0.3, -0.25) is 9.59 Å². The van der Waals surface area contributed by atoms with Gasteiger partial charge in [-0.2, -0.15) is 0 Å². The Hall–Kier alpha value is -2.38. The van der Waals surface area contributed by atoms with Crippen LogP contribution in [0.15, 0.2) is 60.7 Å². The van der Waals surface area contributed by atoms with Crippen molar-refractivity contribution in [3.05, 3.63) is 86.9 Å². The van der Waals surface area contributed by atoms with Crippen molar-refractivity contribution in [1.82, 2.24) is 0 Å². The number of carbonyl (C=O) groups excluding carboxylic acids is 2. The van der Waals surface area contributed by atoms with E-state index in [0.29, 0.717) is 37.6 Å². The number of nitrogens with one attached hydrogen (secondary N) is 2. The monoisotopic (exact) mass is 505 g/mol. The first-order valence-corrected chi connectivity index (χ1v) is 11.9. The van der Waals surface area contributed by atoms with Crippen LogP contribution in [0.1, 0.15) is 27.1 Å². The number of carbonyl (C=O) groups is 2. The molecule has 0 saturated carbocycles. The second-order valence-electron chi connectivity index (χ2n) is 7.07. The lowest BCUT2D eigenvalue weighted by atomic mass is 10.1. The predicted octanol–water partition coefficient (Wildman–Crippen LogP) is 7.01. The summed E-state index contributed by atoms with van der Waals surface area (Å²) in [6.45, 7) is 0.935. The SMILES string of the molecule is O=C(Nc1ccc(Cl)c(NC(=O)c2cccc(Cl)c2)c1)c1ccc(N2CCCS2)c(Cl)c1. The molecule has 3 aromatic rings. The van der Waals surface area contributed by atoms with Crippen LogP contribution >= 0.6 is 46.8 Å². The Morgan fingerprint density at radius 1 is 0.844 bits per heavy atom. The van der Waals surface area contributed by atoms with Gasteiger partial charge in [-0.1, -0.05) is 40.9 Å². The highest BCUT2D eigenvalue weighted by molar-refractivity contribution is 8.00. The van der Waals surface area contributed by atoms with E-state index in [0.717, 1.165) is 24.4 Å². The molecule has 1 aliphatic rings.